The number of aryl methyl sites for hydroxylation is 1. The zero-order valence-electron chi connectivity index (χ0n) is 16.5. The molecule has 0 unspecified atom stereocenters. The van der Waals surface area contributed by atoms with E-state index in [1.54, 1.807) is 0 Å². The van der Waals surface area contributed by atoms with E-state index in [0.717, 1.165) is 38.4 Å². The molecule has 0 spiro atoms. The highest BCUT2D eigenvalue weighted by molar-refractivity contribution is 6.31. The second-order valence-electron chi connectivity index (χ2n) is 7.53. The maximum absolute atomic E-state index is 12.9. The van der Waals surface area contributed by atoms with Crippen LogP contribution in [0.5, 0.6) is 5.75 Å². The van der Waals surface area contributed by atoms with Gasteiger partial charge in [0.25, 0.3) is 0 Å². The number of hydrogen-bond donors (Lipinski definition) is 0. The second-order valence-corrected chi connectivity index (χ2v) is 7.93. The number of nitrogens with zero attached hydrogens (tertiary/aromatic N) is 1. The molecule has 0 saturated carbocycles. The first-order valence-corrected chi connectivity index (χ1v) is 10.2. The summed E-state index contributed by atoms with van der Waals surface area (Å²) >= 11 is 6.33. The predicted molar refractivity (Wildman–Crippen MR) is 119 cm³/mol. The molecule has 4 aromatic rings. The lowest BCUT2D eigenvalue weighted by Crippen LogP contribution is -2.31. The number of halogens is 1. The van der Waals surface area contributed by atoms with Crippen molar-refractivity contribution in [1.29, 1.82) is 0 Å². The molecule has 2 heterocycles. The summed E-state index contributed by atoms with van der Waals surface area (Å²) in [4.78, 5) is 15.1. The monoisotopic (exact) mass is 417 g/mol. The van der Waals surface area contributed by atoms with Gasteiger partial charge in [-0.25, -0.2) is 4.79 Å². The Morgan fingerprint density at radius 2 is 1.77 bits per heavy atom. The van der Waals surface area contributed by atoms with Crippen LogP contribution in [-0.2, 0) is 13.1 Å². The quantitative estimate of drug-likeness (QED) is 0.396. The van der Waals surface area contributed by atoms with E-state index in [0.29, 0.717) is 31.0 Å². The molecular weight excluding hydrogens is 398 g/mol. The van der Waals surface area contributed by atoms with Gasteiger partial charge in [-0.3, -0.25) is 4.90 Å². The molecule has 3 aromatic carbocycles. The SMILES string of the molecule is Cc1c(-c2ccccc2)c(=O)oc2c3c(ccc12)OCN(Cc1ccccc1Cl)C3. The molecule has 5 rings (SSSR count). The molecule has 30 heavy (non-hydrogen) atoms. The molecule has 4 nitrogen and oxygen atoms in total. The van der Waals surface area contributed by atoms with E-state index in [2.05, 4.69) is 4.90 Å². The van der Waals surface area contributed by atoms with Crippen LogP contribution in [-0.4, -0.2) is 11.6 Å². The second kappa shape index (κ2) is 7.63. The van der Waals surface area contributed by atoms with Gasteiger partial charge in [0, 0.05) is 23.5 Å². The van der Waals surface area contributed by atoms with Gasteiger partial charge in [0.05, 0.1) is 11.1 Å². The van der Waals surface area contributed by atoms with Crippen LogP contribution in [0, 0.1) is 6.92 Å². The number of hydrogen-bond acceptors (Lipinski definition) is 4. The Balaban J connectivity index is 1.58. The molecule has 0 bridgehead atoms. The first-order chi connectivity index (χ1) is 14.6. The van der Waals surface area contributed by atoms with E-state index in [4.69, 9.17) is 20.8 Å². The van der Waals surface area contributed by atoms with Crippen molar-refractivity contribution in [2.75, 3.05) is 6.73 Å². The Bertz CT molecular complexity index is 1300. The van der Waals surface area contributed by atoms with Crippen molar-refractivity contribution in [2.45, 2.75) is 20.0 Å². The summed E-state index contributed by atoms with van der Waals surface area (Å²) in [5.41, 5.74) is 4.58. The van der Waals surface area contributed by atoms with Crippen molar-refractivity contribution in [3.8, 4) is 16.9 Å². The lowest BCUT2D eigenvalue weighted by Gasteiger charge is -2.29. The first-order valence-electron chi connectivity index (χ1n) is 9.85. The van der Waals surface area contributed by atoms with E-state index in [9.17, 15) is 4.79 Å². The van der Waals surface area contributed by atoms with E-state index in [1.807, 2.05) is 73.7 Å². The fourth-order valence-electron chi connectivity index (χ4n) is 4.08. The molecule has 1 aliphatic heterocycles. The van der Waals surface area contributed by atoms with Gasteiger partial charge in [-0.05, 0) is 41.8 Å². The van der Waals surface area contributed by atoms with Crippen molar-refractivity contribution in [3.05, 3.63) is 98.9 Å². The van der Waals surface area contributed by atoms with Crippen molar-refractivity contribution in [2.24, 2.45) is 0 Å². The summed E-state index contributed by atoms with van der Waals surface area (Å²) in [6.07, 6.45) is 0. The van der Waals surface area contributed by atoms with Gasteiger partial charge in [-0.15, -0.1) is 0 Å². The molecule has 0 N–H and O–H groups in total. The highest BCUT2D eigenvalue weighted by Gasteiger charge is 2.24. The summed E-state index contributed by atoms with van der Waals surface area (Å²) in [6.45, 7) is 3.69. The zero-order valence-corrected chi connectivity index (χ0v) is 17.3. The zero-order chi connectivity index (χ0) is 20.7. The number of benzene rings is 3. The Morgan fingerprint density at radius 3 is 2.57 bits per heavy atom. The standard InChI is InChI=1S/C25H20ClNO3/c1-16-19-11-12-22-20(14-27(15-29-22)13-18-9-5-6-10-21(18)26)24(19)30-25(28)23(16)17-7-3-2-4-8-17/h2-12H,13-15H2,1H3. The molecule has 150 valence electrons. The van der Waals surface area contributed by atoms with E-state index in [-0.39, 0.29) is 5.63 Å². The highest BCUT2D eigenvalue weighted by atomic mass is 35.5. The normalized spacial score (nSPS) is 13.8. The molecule has 0 fully saturated rings. The average Bonchev–Trinajstić information content (AvgIpc) is 2.76. The van der Waals surface area contributed by atoms with Crippen LogP contribution in [0.3, 0.4) is 0 Å². The molecule has 0 atom stereocenters. The predicted octanol–water partition coefficient (Wildman–Crippen LogP) is 5.77. The molecule has 1 aliphatic rings. The summed E-state index contributed by atoms with van der Waals surface area (Å²) < 4.78 is 11.8. The smallest absolute Gasteiger partial charge is 0.344 e. The van der Waals surface area contributed by atoms with Crippen LogP contribution in [0.4, 0.5) is 0 Å². The van der Waals surface area contributed by atoms with Crippen LogP contribution < -0.4 is 10.4 Å². The molecule has 0 amide bonds. The molecule has 0 saturated heterocycles. The molecule has 5 heteroatoms. The molecular formula is C25H20ClNO3. The maximum Gasteiger partial charge on any atom is 0.344 e. The van der Waals surface area contributed by atoms with Crippen molar-refractivity contribution in [1.82, 2.24) is 4.90 Å². The van der Waals surface area contributed by atoms with Gasteiger partial charge in [-0.2, -0.15) is 0 Å². The Morgan fingerprint density at radius 1 is 1.00 bits per heavy atom. The average molecular weight is 418 g/mol. The van der Waals surface area contributed by atoms with E-state index < -0.39 is 0 Å². The van der Waals surface area contributed by atoms with E-state index in [1.165, 1.54) is 0 Å². The summed E-state index contributed by atoms with van der Waals surface area (Å²) in [6, 6.07) is 21.4. The van der Waals surface area contributed by atoms with Crippen LogP contribution in [0.15, 0.2) is 75.9 Å². The summed E-state index contributed by atoms with van der Waals surface area (Å²) in [5, 5.41) is 1.66. The van der Waals surface area contributed by atoms with Gasteiger partial charge >= 0.3 is 5.63 Å². The van der Waals surface area contributed by atoms with Crippen molar-refractivity contribution < 1.29 is 9.15 Å². The molecule has 0 aliphatic carbocycles. The first kappa shape index (κ1) is 18.9. The summed E-state index contributed by atoms with van der Waals surface area (Å²) in [7, 11) is 0. The third-order valence-corrected chi connectivity index (χ3v) is 5.96. The fraction of sp³-hybridized carbons (Fsp3) is 0.160. The Labute approximate surface area is 179 Å². The lowest BCUT2D eigenvalue weighted by atomic mass is 9.97. The Hall–Kier alpha value is -3.08. The largest absolute Gasteiger partial charge is 0.478 e. The molecule has 1 aromatic heterocycles. The van der Waals surface area contributed by atoms with Gasteiger partial charge in [0.15, 0.2) is 0 Å². The minimum atomic E-state index is -0.331. The molecule has 0 radical (unpaired) electrons. The van der Waals surface area contributed by atoms with Crippen molar-refractivity contribution in [3.63, 3.8) is 0 Å². The maximum atomic E-state index is 12.9. The highest BCUT2D eigenvalue weighted by Crippen LogP contribution is 2.36. The van der Waals surface area contributed by atoms with Gasteiger partial charge in [0.2, 0.25) is 0 Å². The Kier molecular flexibility index (Phi) is 4.81. The topological polar surface area (TPSA) is 42.7 Å². The van der Waals surface area contributed by atoms with Gasteiger partial charge < -0.3 is 9.15 Å². The van der Waals surface area contributed by atoms with Crippen LogP contribution in [0.25, 0.3) is 22.1 Å². The third-order valence-electron chi connectivity index (χ3n) is 5.59. The van der Waals surface area contributed by atoms with Crippen LogP contribution in [0.1, 0.15) is 16.7 Å². The third kappa shape index (κ3) is 3.28. The number of fused-ring (bicyclic) bond motifs is 3. The van der Waals surface area contributed by atoms with Crippen molar-refractivity contribution >= 4 is 22.6 Å². The fourth-order valence-corrected chi connectivity index (χ4v) is 4.27. The number of ether oxygens (including phenoxy) is 1. The minimum Gasteiger partial charge on any atom is -0.478 e. The van der Waals surface area contributed by atoms with Crippen LogP contribution in [0.2, 0.25) is 5.02 Å². The van der Waals surface area contributed by atoms with Gasteiger partial charge in [0.1, 0.15) is 18.1 Å². The minimum absolute atomic E-state index is 0.331. The number of rotatable bonds is 3. The van der Waals surface area contributed by atoms with Crippen LogP contribution >= 0.6 is 11.6 Å². The lowest BCUT2D eigenvalue weighted by molar-refractivity contribution is 0.0890. The van der Waals surface area contributed by atoms with E-state index >= 15 is 0 Å². The van der Waals surface area contributed by atoms with Gasteiger partial charge in [-0.1, -0.05) is 60.1 Å². The summed E-state index contributed by atoms with van der Waals surface area (Å²) in [5.74, 6) is 0.757.